The second kappa shape index (κ2) is 5.95. The number of rotatable bonds is 2. The molecule has 0 bridgehead atoms. The number of aryl methyl sites for hydroxylation is 1. The fourth-order valence-corrected chi connectivity index (χ4v) is 5.40. The number of benzene rings is 2. The Bertz CT molecular complexity index is 853. The fraction of sp³-hybridized carbons (Fsp3) is 0.435. The highest BCUT2D eigenvalue weighted by molar-refractivity contribution is 6.01. The summed E-state index contributed by atoms with van der Waals surface area (Å²) in [5, 5.41) is 0. The predicted molar refractivity (Wildman–Crippen MR) is 104 cm³/mol. The van der Waals surface area contributed by atoms with Crippen molar-refractivity contribution < 1.29 is 4.79 Å². The number of piperidine rings is 1. The number of amides is 1. The van der Waals surface area contributed by atoms with Gasteiger partial charge in [-0.3, -0.25) is 9.69 Å². The quantitative estimate of drug-likeness (QED) is 0.823. The summed E-state index contributed by atoms with van der Waals surface area (Å²) in [5.74, 6) is 0.280. The van der Waals surface area contributed by atoms with E-state index < -0.39 is 0 Å². The number of carbonyl (C=O) groups is 1. The van der Waals surface area contributed by atoms with E-state index in [2.05, 4.69) is 59.2 Å². The van der Waals surface area contributed by atoms with Crippen LogP contribution >= 0.6 is 0 Å². The molecule has 0 spiro atoms. The number of hydrogen-bond donors (Lipinski definition) is 0. The van der Waals surface area contributed by atoms with Gasteiger partial charge in [0.2, 0.25) is 5.91 Å². The molecule has 0 saturated carbocycles. The van der Waals surface area contributed by atoms with E-state index in [1.165, 1.54) is 29.5 Å². The molecule has 26 heavy (non-hydrogen) atoms. The minimum absolute atomic E-state index is 0.161. The molecule has 2 aromatic carbocycles. The third-order valence-electron chi connectivity index (χ3n) is 6.87. The Labute approximate surface area is 155 Å². The summed E-state index contributed by atoms with van der Waals surface area (Å²) in [6.45, 7) is 4.55. The SMILES string of the molecule is CC1(N2CCC(N3C(=O)Cc4ccccc43)CC2)CCc2ccccc21. The first-order valence-corrected chi connectivity index (χ1v) is 9.90. The van der Waals surface area contributed by atoms with Gasteiger partial charge in [-0.25, -0.2) is 0 Å². The fourth-order valence-electron chi connectivity index (χ4n) is 5.40. The van der Waals surface area contributed by atoms with Crippen LogP contribution in [0.1, 0.15) is 42.9 Å². The molecule has 3 nitrogen and oxygen atoms in total. The Morgan fingerprint density at radius 3 is 2.46 bits per heavy atom. The molecule has 2 heterocycles. The Morgan fingerprint density at radius 2 is 1.65 bits per heavy atom. The lowest BCUT2D eigenvalue weighted by molar-refractivity contribution is -0.118. The molecule has 1 unspecified atom stereocenters. The van der Waals surface area contributed by atoms with Gasteiger partial charge in [0.05, 0.1) is 6.42 Å². The topological polar surface area (TPSA) is 23.6 Å². The molecule has 1 aliphatic carbocycles. The van der Waals surface area contributed by atoms with Crippen LogP contribution in [-0.4, -0.2) is 29.9 Å². The van der Waals surface area contributed by atoms with Crippen molar-refractivity contribution in [1.29, 1.82) is 0 Å². The first-order valence-electron chi connectivity index (χ1n) is 9.90. The number of fused-ring (bicyclic) bond motifs is 2. The summed E-state index contributed by atoms with van der Waals surface area (Å²) in [6.07, 6.45) is 5.10. The van der Waals surface area contributed by atoms with Crippen molar-refractivity contribution >= 4 is 11.6 Å². The summed E-state index contributed by atoms with van der Waals surface area (Å²) in [7, 11) is 0. The molecule has 0 radical (unpaired) electrons. The van der Waals surface area contributed by atoms with E-state index in [0.29, 0.717) is 12.5 Å². The molecule has 1 amide bonds. The van der Waals surface area contributed by atoms with Gasteiger partial charge in [0.15, 0.2) is 0 Å². The Kier molecular flexibility index (Phi) is 3.68. The summed E-state index contributed by atoms with van der Waals surface area (Å²) >= 11 is 0. The largest absolute Gasteiger partial charge is 0.309 e. The zero-order valence-electron chi connectivity index (χ0n) is 15.4. The highest BCUT2D eigenvalue weighted by atomic mass is 16.2. The molecule has 3 heteroatoms. The van der Waals surface area contributed by atoms with Gasteiger partial charge in [0.25, 0.3) is 0 Å². The van der Waals surface area contributed by atoms with Crippen LogP contribution in [0.4, 0.5) is 5.69 Å². The number of anilines is 1. The van der Waals surface area contributed by atoms with Gasteiger partial charge in [-0.05, 0) is 55.4 Å². The van der Waals surface area contributed by atoms with Crippen molar-refractivity contribution in [3.8, 4) is 0 Å². The molecule has 5 rings (SSSR count). The van der Waals surface area contributed by atoms with E-state index in [4.69, 9.17) is 0 Å². The molecule has 134 valence electrons. The minimum Gasteiger partial charge on any atom is -0.309 e. The van der Waals surface area contributed by atoms with Gasteiger partial charge < -0.3 is 4.90 Å². The monoisotopic (exact) mass is 346 g/mol. The second-order valence-corrected chi connectivity index (χ2v) is 8.22. The van der Waals surface area contributed by atoms with Crippen LogP contribution in [0, 0.1) is 0 Å². The van der Waals surface area contributed by atoms with E-state index in [9.17, 15) is 4.79 Å². The van der Waals surface area contributed by atoms with Crippen LogP contribution in [0.3, 0.4) is 0 Å². The van der Waals surface area contributed by atoms with Gasteiger partial charge in [-0.1, -0.05) is 42.5 Å². The molecule has 2 aliphatic heterocycles. The predicted octanol–water partition coefficient (Wildman–Crippen LogP) is 3.90. The summed E-state index contributed by atoms with van der Waals surface area (Å²) in [5.41, 5.74) is 5.53. The molecular formula is C23H26N2O. The number of likely N-dealkylation sites (tertiary alicyclic amines) is 1. The van der Waals surface area contributed by atoms with Crippen molar-refractivity contribution in [2.45, 2.75) is 50.6 Å². The third kappa shape index (κ3) is 2.34. The van der Waals surface area contributed by atoms with Crippen LogP contribution in [0.15, 0.2) is 48.5 Å². The normalized spacial score (nSPS) is 26.2. The molecule has 0 N–H and O–H groups in total. The highest BCUT2D eigenvalue weighted by Gasteiger charge is 2.42. The molecule has 3 aliphatic rings. The zero-order chi connectivity index (χ0) is 17.7. The minimum atomic E-state index is 0.161. The van der Waals surface area contributed by atoms with Crippen molar-refractivity contribution in [3.63, 3.8) is 0 Å². The molecule has 1 atom stereocenters. The first kappa shape index (κ1) is 16.1. The average molecular weight is 346 g/mol. The van der Waals surface area contributed by atoms with Crippen molar-refractivity contribution in [3.05, 3.63) is 65.2 Å². The van der Waals surface area contributed by atoms with E-state index >= 15 is 0 Å². The average Bonchev–Trinajstić information content (AvgIpc) is 3.20. The first-order chi connectivity index (χ1) is 12.7. The second-order valence-electron chi connectivity index (χ2n) is 8.22. The molecule has 0 aromatic heterocycles. The van der Waals surface area contributed by atoms with E-state index in [-0.39, 0.29) is 11.4 Å². The van der Waals surface area contributed by atoms with E-state index in [1.54, 1.807) is 0 Å². The zero-order valence-corrected chi connectivity index (χ0v) is 15.4. The van der Waals surface area contributed by atoms with Crippen LogP contribution in [0.2, 0.25) is 0 Å². The van der Waals surface area contributed by atoms with Gasteiger partial charge in [0.1, 0.15) is 0 Å². The van der Waals surface area contributed by atoms with Gasteiger partial charge in [0, 0.05) is 30.4 Å². The number of hydrogen-bond acceptors (Lipinski definition) is 2. The summed E-state index contributed by atoms with van der Waals surface area (Å²) in [6, 6.07) is 17.6. The maximum Gasteiger partial charge on any atom is 0.231 e. The van der Waals surface area contributed by atoms with Crippen LogP contribution in [0.5, 0.6) is 0 Å². The smallest absolute Gasteiger partial charge is 0.231 e. The third-order valence-corrected chi connectivity index (χ3v) is 6.87. The maximum absolute atomic E-state index is 12.6. The maximum atomic E-state index is 12.6. The molecule has 2 aromatic rings. The summed E-state index contributed by atoms with van der Waals surface area (Å²) in [4.78, 5) is 17.4. The lowest BCUT2D eigenvalue weighted by Gasteiger charge is -2.45. The van der Waals surface area contributed by atoms with Crippen LogP contribution < -0.4 is 4.90 Å². The lowest BCUT2D eigenvalue weighted by Crippen LogP contribution is -2.52. The van der Waals surface area contributed by atoms with Gasteiger partial charge in [-0.15, -0.1) is 0 Å². The van der Waals surface area contributed by atoms with Crippen molar-refractivity contribution in [1.82, 2.24) is 4.90 Å². The lowest BCUT2D eigenvalue weighted by atomic mass is 9.89. The van der Waals surface area contributed by atoms with Gasteiger partial charge >= 0.3 is 0 Å². The number of nitrogens with zero attached hydrogens (tertiary/aromatic N) is 2. The standard InChI is InChI=1S/C23H26N2O/c1-23(13-10-17-6-2-4-8-20(17)23)24-14-11-19(12-15-24)25-21-9-5-3-7-18(21)16-22(25)26/h2-9,19H,10-16H2,1H3. The Balaban J connectivity index is 1.34. The Hall–Kier alpha value is -2.13. The Morgan fingerprint density at radius 1 is 0.962 bits per heavy atom. The van der Waals surface area contributed by atoms with Crippen molar-refractivity contribution in [2.75, 3.05) is 18.0 Å². The highest BCUT2D eigenvalue weighted by Crippen LogP contribution is 2.43. The number of para-hydroxylation sites is 1. The summed E-state index contributed by atoms with van der Waals surface area (Å²) < 4.78 is 0. The van der Waals surface area contributed by atoms with Crippen LogP contribution in [-0.2, 0) is 23.2 Å². The molecule has 1 fully saturated rings. The van der Waals surface area contributed by atoms with Crippen LogP contribution in [0.25, 0.3) is 0 Å². The van der Waals surface area contributed by atoms with E-state index in [1.807, 2.05) is 6.07 Å². The van der Waals surface area contributed by atoms with E-state index in [0.717, 1.165) is 31.6 Å². The molecule has 1 saturated heterocycles. The molecular weight excluding hydrogens is 320 g/mol. The van der Waals surface area contributed by atoms with Gasteiger partial charge in [-0.2, -0.15) is 0 Å². The van der Waals surface area contributed by atoms with Crippen molar-refractivity contribution in [2.24, 2.45) is 0 Å². The number of carbonyl (C=O) groups excluding carboxylic acids is 1.